The molecule has 0 saturated heterocycles. The lowest BCUT2D eigenvalue weighted by Crippen LogP contribution is -2.08. The van der Waals surface area contributed by atoms with Gasteiger partial charge in [0, 0.05) is 5.56 Å². The molecular formula is C13H12BrFN2O3. The Bertz CT molecular complexity index is 625. The van der Waals surface area contributed by atoms with Crippen LogP contribution < -0.4 is 9.47 Å². The lowest BCUT2D eigenvalue weighted by molar-refractivity contribution is 0.205. The average molecular weight is 343 g/mol. The number of nitrogens with zero attached hydrogens (tertiary/aromatic N) is 2. The molecule has 0 fully saturated rings. The Balaban J connectivity index is 2.47. The minimum atomic E-state index is -1.17. The quantitative estimate of drug-likeness (QED) is 0.924. The molecule has 1 aromatic carbocycles. The number of hydrogen-bond acceptors (Lipinski definition) is 5. The van der Waals surface area contributed by atoms with Gasteiger partial charge in [-0.1, -0.05) is 12.1 Å². The molecule has 1 heterocycles. The third-order valence-electron chi connectivity index (χ3n) is 2.68. The second kappa shape index (κ2) is 6.15. The fourth-order valence-electron chi connectivity index (χ4n) is 1.68. The zero-order valence-electron chi connectivity index (χ0n) is 10.8. The van der Waals surface area contributed by atoms with Crippen LogP contribution in [0.5, 0.6) is 11.8 Å². The Hall–Kier alpha value is -1.73. The zero-order valence-corrected chi connectivity index (χ0v) is 12.4. The molecule has 0 spiro atoms. The summed E-state index contributed by atoms with van der Waals surface area (Å²) in [6, 6.07) is 4.38. The second-order valence-electron chi connectivity index (χ2n) is 3.85. The van der Waals surface area contributed by atoms with Gasteiger partial charge in [-0.2, -0.15) is 4.98 Å². The first kappa shape index (κ1) is 14.7. The van der Waals surface area contributed by atoms with Crippen LogP contribution in [0.3, 0.4) is 0 Å². The van der Waals surface area contributed by atoms with Crippen molar-refractivity contribution in [3.63, 3.8) is 0 Å². The molecule has 0 aliphatic heterocycles. The van der Waals surface area contributed by atoms with E-state index in [0.29, 0.717) is 5.56 Å². The van der Waals surface area contributed by atoms with E-state index >= 15 is 0 Å². The normalized spacial score (nSPS) is 12.1. The number of benzene rings is 1. The third kappa shape index (κ3) is 2.73. The number of hydrogen-bond donors (Lipinski definition) is 1. The molecule has 2 aromatic rings. The van der Waals surface area contributed by atoms with Crippen molar-refractivity contribution in [1.29, 1.82) is 0 Å². The van der Waals surface area contributed by atoms with Gasteiger partial charge in [-0.15, -0.1) is 0 Å². The van der Waals surface area contributed by atoms with E-state index in [0.717, 1.165) is 0 Å². The zero-order chi connectivity index (χ0) is 14.7. The maximum absolute atomic E-state index is 13.5. The van der Waals surface area contributed by atoms with Crippen LogP contribution in [0.4, 0.5) is 4.39 Å². The number of aliphatic hydroxyl groups is 1. The molecule has 5 nitrogen and oxygen atoms in total. The van der Waals surface area contributed by atoms with Crippen LogP contribution >= 0.6 is 15.9 Å². The summed E-state index contributed by atoms with van der Waals surface area (Å²) in [5, 5.41) is 10.4. The fraction of sp³-hybridized carbons (Fsp3) is 0.231. The first-order valence-electron chi connectivity index (χ1n) is 5.65. The second-order valence-corrected chi connectivity index (χ2v) is 4.65. The molecule has 1 atom stereocenters. The van der Waals surface area contributed by atoms with Crippen molar-refractivity contribution < 1.29 is 19.0 Å². The van der Waals surface area contributed by atoms with Gasteiger partial charge in [-0.3, -0.25) is 0 Å². The molecule has 0 aliphatic carbocycles. The Morgan fingerprint density at radius 2 is 2.05 bits per heavy atom. The van der Waals surface area contributed by atoms with E-state index in [4.69, 9.17) is 9.47 Å². The molecule has 7 heteroatoms. The first-order valence-corrected chi connectivity index (χ1v) is 6.44. The van der Waals surface area contributed by atoms with Crippen molar-refractivity contribution in [3.05, 3.63) is 45.9 Å². The van der Waals surface area contributed by atoms with E-state index in [-0.39, 0.29) is 21.9 Å². The maximum atomic E-state index is 13.5. The lowest BCUT2D eigenvalue weighted by atomic mass is 10.1. The van der Waals surface area contributed by atoms with E-state index < -0.39 is 11.9 Å². The highest BCUT2D eigenvalue weighted by atomic mass is 79.9. The molecule has 20 heavy (non-hydrogen) atoms. The number of rotatable bonds is 4. The van der Waals surface area contributed by atoms with Crippen molar-refractivity contribution in [1.82, 2.24) is 9.97 Å². The average Bonchev–Trinajstić information content (AvgIpc) is 2.48. The summed E-state index contributed by atoms with van der Waals surface area (Å²) in [4.78, 5) is 8.09. The van der Waals surface area contributed by atoms with Crippen molar-refractivity contribution in [2.75, 3.05) is 14.2 Å². The van der Waals surface area contributed by atoms with Gasteiger partial charge >= 0.3 is 0 Å². The number of aromatic nitrogens is 2. The highest BCUT2D eigenvalue weighted by Gasteiger charge is 2.22. The largest absolute Gasteiger partial charge is 0.480 e. The molecule has 0 radical (unpaired) electrons. The minimum absolute atomic E-state index is 0.119. The van der Waals surface area contributed by atoms with Gasteiger partial charge in [-0.05, 0) is 22.0 Å². The standard InChI is InChI=1S/C13H12BrFN2O3/c1-19-9-6-16-11(13(17-9)20-2)12(18)7-4-3-5-8(15)10(7)14/h3-6,12,18H,1-2H3. The van der Waals surface area contributed by atoms with E-state index in [9.17, 15) is 9.50 Å². The number of methoxy groups -OCH3 is 2. The van der Waals surface area contributed by atoms with Crippen LogP contribution in [0.2, 0.25) is 0 Å². The minimum Gasteiger partial charge on any atom is -0.480 e. The molecule has 106 valence electrons. The Morgan fingerprint density at radius 1 is 1.30 bits per heavy atom. The summed E-state index contributed by atoms with van der Waals surface area (Å²) in [7, 11) is 2.85. The third-order valence-corrected chi connectivity index (χ3v) is 3.52. The molecule has 1 N–H and O–H groups in total. The summed E-state index contributed by atoms with van der Waals surface area (Å²) < 4.78 is 23.7. The monoisotopic (exact) mass is 342 g/mol. The highest BCUT2D eigenvalue weighted by molar-refractivity contribution is 9.10. The molecule has 0 saturated carbocycles. The smallest absolute Gasteiger partial charge is 0.241 e. The van der Waals surface area contributed by atoms with Crippen LogP contribution in [0.1, 0.15) is 17.4 Å². The van der Waals surface area contributed by atoms with Crippen LogP contribution in [-0.4, -0.2) is 29.3 Å². The predicted octanol–water partition coefficient (Wildman–Crippen LogP) is 2.48. The van der Waals surface area contributed by atoms with Crippen LogP contribution in [0, 0.1) is 5.82 Å². The van der Waals surface area contributed by atoms with E-state index in [2.05, 4.69) is 25.9 Å². The van der Waals surface area contributed by atoms with Gasteiger partial charge in [0.2, 0.25) is 11.8 Å². The molecule has 0 bridgehead atoms. The first-order chi connectivity index (χ1) is 9.58. The summed E-state index contributed by atoms with van der Waals surface area (Å²) >= 11 is 3.10. The summed E-state index contributed by atoms with van der Waals surface area (Å²) in [5.74, 6) is -0.0916. The van der Waals surface area contributed by atoms with Gasteiger partial charge in [0.05, 0.1) is 24.9 Å². The Morgan fingerprint density at radius 3 is 2.70 bits per heavy atom. The summed E-state index contributed by atoms with van der Waals surface area (Å²) in [6.45, 7) is 0. The molecular weight excluding hydrogens is 331 g/mol. The fourth-order valence-corrected chi connectivity index (χ4v) is 2.16. The van der Waals surface area contributed by atoms with Crippen molar-refractivity contribution in [2.24, 2.45) is 0 Å². The topological polar surface area (TPSA) is 64.5 Å². The van der Waals surface area contributed by atoms with Gasteiger partial charge in [0.25, 0.3) is 0 Å². The van der Waals surface area contributed by atoms with E-state index in [1.807, 2.05) is 0 Å². The van der Waals surface area contributed by atoms with Gasteiger partial charge in [0.1, 0.15) is 17.6 Å². The molecule has 1 aromatic heterocycles. The van der Waals surface area contributed by atoms with E-state index in [1.54, 1.807) is 6.07 Å². The Labute approximate surface area is 123 Å². The van der Waals surface area contributed by atoms with Crippen LogP contribution in [0.25, 0.3) is 0 Å². The molecule has 0 aliphatic rings. The molecule has 2 rings (SSSR count). The van der Waals surface area contributed by atoms with Crippen LogP contribution in [-0.2, 0) is 0 Å². The van der Waals surface area contributed by atoms with E-state index in [1.165, 1.54) is 32.5 Å². The van der Waals surface area contributed by atoms with Crippen molar-refractivity contribution in [3.8, 4) is 11.8 Å². The number of aliphatic hydroxyl groups excluding tert-OH is 1. The number of halogens is 2. The van der Waals surface area contributed by atoms with Crippen LogP contribution in [0.15, 0.2) is 28.9 Å². The van der Waals surface area contributed by atoms with Gasteiger partial charge in [0.15, 0.2) is 0 Å². The maximum Gasteiger partial charge on any atom is 0.241 e. The SMILES string of the molecule is COc1cnc(C(O)c2cccc(F)c2Br)c(OC)n1. The van der Waals surface area contributed by atoms with Gasteiger partial charge in [-0.25, -0.2) is 9.37 Å². The summed E-state index contributed by atoms with van der Waals surface area (Å²) in [5.41, 5.74) is 0.516. The Kier molecular flexibility index (Phi) is 4.51. The predicted molar refractivity (Wildman–Crippen MR) is 73.3 cm³/mol. The highest BCUT2D eigenvalue weighted by Crippen LogP contribution is 2.33. The van der Waals surface area contributed by atoms with Crippen molar-refractivity contribution >= 4 is 15.9 Å². The molecule has 0 amide bonds. The van der Waals surface area contributed by atoms with Crippen molar-refractivity contribution in [2.45, 2.75) is 6.10 Å². The summed E-state index contributed by atoms with van der Waals surface area (Å²) in [6.07, 6.45) is 0.183. The number of ether oxygens (including phenoxy) is 2. The molecule has 1 unspecified atom stereocenters. The van der Waals surface area contributed by atoms with Gasteiger partial charge < -0.3 is 14.6 Å². The lowest BCUT2D eigenvalue weighted by Gasteiger charge is -2.15.